The van der Waals surface area contributed by atoms with Crippen LogP contribution in [0.4, 0.5) is 5.82 Å². The molecule has 9 nitrogen and oxygen atoms in total. The Morgan fingerprint density at radius 2 is 1.97 bits per heavy atom. The Morgan fingerprint density at radius 1 is 1.19 bits per heavy atom. The van der Waals surface area contributed by atoms with Crippen molar-refractivity contribution in [3.63, 3.8) is 0 Å². The van der Waals surface area contributed by atoms with Crippen molar-refractivity contribution >= 4 is 5.82 Å². The van der Waals surface area contributed by atoms with Crippen LogP contribution >= 0.6 is 0 Å². The van der Waals surface area contributed by atoms with E-state index in [-0.39, 0.29) is 11.7 Å². The number of aliphatic hydroxyl groups is 1. The quantitative estimate of drug-likeness (QED) is 0.628. The van der Waals surface area contributed by atoms with E-state index in [0.29, 0.717) is 30.7 Å². The zero-order valence-corrected chi connectivity index (χ0v) is 18.4. The molecule has 2 fully saturated rings. The number of nitrogen functional groups attached to an aromatic ring is 1. The van der Waals surface area contributed by atoms with Crippen molar-refractivity contribution in [3.05, 3.63) is 47.9 Å². The van der Waals surface area contributed by atoms with Crippen LogP contribution in [0.2, 0.25) is 0 Å². The summed E-state index contributed by atoms with van der Waals surface area (Å²) in [4.78, 5) is 11.2. The van der Waals surface area contributed by atoms with Crippen molar-refractivity contribution in [2.45, 2.75) is 31.4 Å². The van der Waals surface area contributed by atoms with Crippen molar-refractivity contribution in [1.29, 1.82) is 0 Å². The van der Waals surface area contributed by atoms with Crippen molar-refractivity contribution < 1.29 is 14.6 Å². The molecule has 3 aromatic rings. The first kappa shape index (κ1) is 20.9. The summed E-state index contributed by atoms with van der Waals surface area (Å²) >= 11 is 0. The number of nitrogens with two attached hydrogens (primary N) is 1. The molecule has 0 unspecified atom stereocenters. The van der Waals surface area contributed by atoms with E-state index >= 15 is 0 Å². The lowest BCUT2D eigenvalue weighted by molar-refractivity contribution is -0.184. The van der Waals surface area contributed by atoms with Gasteiger partial charge >= 0.3 is 0 Å². The molecule has 4 heterocycles. The van der Waals surface area contributed by atoms with E-state index in [0.717, 1.165) is 42.6 Å². The van der Waals surface area contributed by atoms with E-state index in [2.05, 4.69) is 27.0 Å². The van der Waals surface area contributed by atoms with Crippen molar-refractivity contribution in [2.75, 3.05) is 39.1 Å². The molecule has 1 aromatic carbocycles. The van der Waals surface area contributed by atoms with Crippen molar-refractivity contribution in [3.8, 4) is 22.9 Å². The Kier molecular flexibility index (Phi) is 5.32. The maximum Gasteiger partial charge on any atom is 0.263 e. The lowest BCUT2D eigenvalue weighted by Gasteiger charge is -2.37. The van der Waals surface area contributed by atoms with Gasteiger partial charge in [-0.05, 0) is 57.6 Å². The van der Waals surface area contributed by atoms with E-state index in [1.165, 1.54) is 0 Å². The van der Waals surface area contributed by atoms with Gasteiger partial charge in [0.05, 0.1) is 43.5 Å². The number of hydrogen-bond donors (Lipinski definition) is 2. The number of aryl methyl sites for hydroxylation is 1. The molecule has 5 rings (SSSR count). The van der Waals surface area contributed by atoms with Crippen LogP contribution in [0, 0.1) is 6.92 Å². The number of nitrogens with zero attached hydrogens (tertiary/aromatic N) is 5. The van der Waals surface area contributed by atoms with E-state index in [1.807, 2.05) is 36.0 Å². The van der Waals surface area contributed by atoms with Gasteiger partial charge in [-0.25, -0.2) is 9.97 Å². The molecule has 9 heteroatoms. The lowest BCUT2D eigenvalue weighted by Crippen LogP contribution is -2.46. The molecule has 2 aliphatic rings. The number of ether oxygens (including phenoxy) is 2. The molecule has 168 valence electrons. The SMILES string of the molecule is Cc1cc(-c2cnc(N)c(Oc3cnn(C4CCN(C)CC4)c3)n2)cc(C2(O)COC2)c1. The molecule has 0 saturated carbocycles. The third-order valence-corrected chi connectivity index (χ3v) is 6.21. The zero-order chi connectivity index (χ0) is 22.3. The number of anilines is 1. The highest BCUT2D eigenvalue weighted by atomic mass is 16.5. The first-order valence-electron chi connectivity index (χ1n) is 10.9. The molecule has 32 heavy (non-hydrogen) atoms. The average molecular weight is 437 g/mol. The van der Waals surface area contributed by atoms with Gasteiger partial charge in [-0.1, -0.05) is 11.6 Å². The topological polar surface area (TPSA) is 112 Å². The second-order valence-corrected chi connectivity index (χ2v) is 8.85. The molecule has 0 aliphatic carbocycles. The number of aromatic nitrogens is 4. The summed E-state index contributed by atoms with van der Waals surface area (Å²) in [6.45, 7) is 4.68. The molecule has 2 aliphatic heterocycles. The summed E-state index contributed by atoms with van der Waals surface area (Å²) in [7, 11) is 2.14. The molecule has 2 saturated heterocycles. The van der Waals surface area contributed by atoms with Crippen molar-refractivity contribution in [2.24, 2.45) is 0 Å². The highest BCUT2D eigenvalue weighted by molar-refractivity contribution is 5.63. The number of likely N-dealkylation sites (tertiary alicyclic amines) is 1. The molecule has 0 atom stereocenters. The third kappa shape index (κ3) is 4.06. The number of rotatable bonds is 5. The van der Waals surface area contributed by atoms with Crippen LogP contribution in [0.5, 0.6) is 11.6 Å². The lowest BCUT2D eigenvalue weighted by atomic mass is 9.89. The van der Waals surface area contributed by atoms with Crippen LogP contribution in [0.1, 0.15) is 30.0 Å². The first-order valence-corrected chi connectivity index (χ1v) is 10.9. The van der Waals surface area contributed by atoms with Crippen LogP contribution in [-0.4, -0.2) is 63.1 Å². The Labute approximate surface area is 186 Å². The highest BCUT2D eigenvalue weighted by Gasteiger charge is 2.38. The summed E-state index contributed by atoms with van der Waals surface area (Å²) in [5, 5.41) is 15.2. The Balaban J connectivity index is 1.38. The molecule has 3 N–H and O–H groups in total. The van der Waals surface area contributed by atoms with E-state index < -0.39 is 5.60 Å². The van der Waals surface area contributed by atoms with Gasteiger partial charge in [0, 0.05) is 5.56 Å². The monoisotopic (exact) mass is 436 g/mol. The fourth-order valence-corrected chi connectivity index (χ4v) is 4.20. The molecule has 2 aromatic heterocycles. The molecular formula is C23H28N6O3. The van der Waals surface area contributed by atoms with Gasteiger partial charge in [-0.15, -0.1) is 0 Å². The highest BCUT2D eigenvalue weighted by Crippen LogP contribution is 2.34. The minimum Gasteiger partial charge on any atom is -0.433 e. The van der Waals surface area contributed by atoms with Crippen LogP contribution < -0.4 is 10.5 Å². The predicted molar refractivity (Wildman–Crippen MR) is 119 cm³/mol. The molecule has 0 spiro atoms. The maximum atomic E-state index is 10.7. The minimum atomic E-state index is -0.955. The van der Waals surface area contributed by atoms with Gasteiger partial charge in [0.1, 0.15) is 5.60 Å². The zero-order valence-electron chi connectivity index (χ0n) is 18.4. The second-order valence-electron chi connectivity index (χ2n) is 8.85. The standard InChI is InChI=1S/C23H28N6O3/c1-15-7-16(9-17(8-15)23(30)13-31-14-23)20-11-25-21(24)22(27-20)32-19-10-26-29(12-19)18-3-5-28(2)6-4-18/h7-12,18,30H,3-6,13-14H2,1-2H3,(H2,24,25). The van der Waals surface area contributed by atoms with Crippen LogP contribution in [0.25, 0.3) is 11.3 Å². The fourth-order valence-electron chi connectivity index (χ4n) is 4.20. The van der Waals surface area contributed by atoms with Crippen LogP contribution in [0.3, 0.4) is 0 Å². The second kappa shape index (κ2) is 8.16. The summed E-state index contributed by atoms with van der Waals surface area (Å²) in [5.41, 5.74) is 8.36. The third-order valence-electron chi connectivity index (χ3n) is 6.21. The number of hydrogen-bond acceptors (Lipinski definition) is 8. The van der Waals surface area contributed by atoms with Gasteiger partial charge in [0.2, 0.25) is 0 Å². The normalized spacial score (nSPS) is 19.0. The van der Waals surface area contributed by atoms with Crippen LogP contribution in [-0.2, 0) is 10.3 Å². The Morgan fingerprint density at radius 3 is 2.69 bits per heavy atom. The average Bonchev–Trinajstić information content (AvgIpc) is 3.22. The molecular weight excluding hydrogens is 408 g/mol. The smallest absolute Gasteiger partial charge is 0.263 e. The Hall–Kier alpha value is -3.01. The van der Waals surface area contributed by atoms with Gasteiger partial charge < -0.3 is 25.2 Å². The fraction of sp³-hybridized carbons (Fsp3) is 0.435. The number of piperidine rings is 1. The summed E-state index contributed by atoms with van der Waals surface area (Å²) in [6, 6.07) is 6.24. The number of benzene rings is 1. The van der Waals surface area contributed by atoms with Crippen LogP contribution in [0.15, 0.2) is 36.8 Å². The summed E-state index contributed by atoms with van der Waals surface area (Å²) in [6.07, 6.45) is 7.30. The predicted octanol–water partition coefficient (Wildman–Crippen LogP) is 2.51. The van der Waals surface area contributed by atoms with E-state index in [4.69, 9.17) is 15.2 Å². The van der Waals surface area contributed by atoms with E-state index in [9.17, 15) is 5.11 Å². The molecule has 0 radical (unpaired) electrons. The summed E-state index contributed by atoms with van der Waals surface area (Å²) < 4.78 is 13.1. The first-order chi connectivity index (χ1) is 15.4. The van der Waals surface area contributed by atoms with Gasteiger partial charge in [-0.2, -0.15) is 5.10 Å². The van der Waals surface area contributed by atoms with Gasteiger partial charge in [0.25, 0.3) is 5.88 Å². The maximum absolute atomic E-state index is 10.7. The molecule has 0 amide bonds. The Bertz CT molecular complexity index is 1120. The summed E-state index contributed by atoms with van der Waals surface area (Å²) in [5.74, 6) is 1.02. The van der Waals surface area contributed by atoms with E-state index in [1.54, 1.807) is 12.4 Å². The minimum absolute atomic E-state index is 0.208. The van der Waals surface area contributed by atoms with Gasteiger partial charge in [-0.3, -0.25) is 4.68 Å². The largest absolute Gasteiger partial charge is 0.433 e. The van der Waals surface area contributed by atoms with Crippen molar-refractivity contribution in [1.82, 2.24) is 24.6 Å². The molecule has 0 bridgehead atoms. The van der Waals surface area contributed by atoms with Gasteiger partial charge in [0.15, 0.2) is 11.6 Å².